The van der Waals surface area contributed by atoms with Gasteiger partial charge in [0.2, 0.25) is 17.9 Å². The number of imidazole rings is 1. The van der Waals surface area contributed by atoms with Crippen molar-refractivity contribution >= 4 is 63.1 Å². The van der Waals surface area contributed by atoms with Crippen molar-refractivity contribution in [2.24, 2.45) is 10.9 Å². The van der Waals surface area contributed by atoms with Gasteiger partial charge in [0.25, 0.3) is 11.8 Å². The third kappa shape index (κ3) is 5.59. The molecule has 0 aromatic carbocycles. The normalized spacial score (nSPS) is 18.8. The van der Waals surface area contributed by atoms with Crippen molar-refractivity contribution in [3.05, 3.63) is 41.8 Å². The number of nitrogens with zero attached hydrogens (tertiary/aromatic N) is 7. The molecule has 2 aliphatic rings. The number of thioether (sulfide) groups is 1. The number of pyridine rings is 1. The average Bonchev–Trinajstić information content (AvgIpc) is 3.58. The minimum absolute atomic E-state index is 0.0280. The SMILES string of the molecule is CCON=C(C(=O)NC1C(=O)N2C(C(=O)O)=C(C[n+]3cccc4c3ncn4CCCCN)CSC12)c1nsc(N)n1. The Kier molecular flexibility index (Phi) is 8.46. The number of amides is 2. The zero-order valence-electron chi connectivity index (χ0n) is 22.1. The third-order valence-corrected chi connectivity index (χ3v) is 8.44. The number of aromatic nitrogens is 5. The second kappa shape index (κ2) is 12.2. The van der Waals surface area contributed by atoms with Crippen molar-refractivity contribution in [1.82, 2.24) is 29.1 Å². The molecule has 3 aromatic rings. The zero-order chi connectivity index (χ0) is 29.1. The molecular formula is C24H29N10O5S2+. The van der Waals surface area contributed by atoms with E-state index in [4.69, 9.17) is 16.3 Å². The highest BCUT2D eigenvalue weighted by molar-refractivity contribution is 8.00. The number of aliphatic carboxylic acids is 1. The number of hydrogen-bond acceptors (Lipinski definition) is 12. The number of aryl methyl sites for hydroxylation is 1. The van der Waals surface area contributed by atoms with Crippen LogP contribution in [0.25, 0.3) is 11.2 Å². The van der Waals surface area contributed by atoms with Gasteiger partial charge in [-0.1, -0.05) is 5.16 Å². The van der Waals surface area contributed by atoms with Crippen molar-refractivity contribution in [3.63, 3.8) is 0 Å². The maximum absolute atomic E-state index is 13.2. The topological polar surface area (TPSA) is 208 Å². The number of carbonyl (C=O) groups is 3. The number of carboxylic acid groups (broad SMARTS) is 1. The number of anilines is 1. The molecule has 2 unspecified atom stereocenters. The molecule has 1 saturated heterocycles. The van der Waals surface area contributed by atoms with Gasteiger partial charge in [0.05, 0.1) is 6.20 Å². The van der Waals surface area contributed by atoms with Gasteiger partial charge >= 0.3 is 11.6 Å². The Morgan fingerprint density at radius 2 is 2.20 bits per heavy atom. The van der Waals surface area contributed by atoms with Crippen LogP contribution in [0.1, 0.15) is 25.6 Å². The zero-order valence-corrected chi connectivity index (χ0v) is 23.7. The van der Waals surface area contributed by atoms with Crippen LogP contribution in [0, 0.1) is 0 Å². The Morgan fingerprint density at radius 3 is 2.90 bits per heavy atom. The van der Waals surface area contributed by atoms with Gasteiger partial charge in [-0.25, -0.2) is 9.36 Å². The highest BCUT2D eigenvalue weighted by Crippen LogP contribution is 2.40. The van der Waals surface area contributed by atoms with Gasteiger partial charge in [-0.3, -0.25) is 14.5 Å². The smallest absolute Gasteiger partial charge is 0.352 e. The van der Waals surface area contributed by atoms with Gasteiger partial charge < -0.3 is 31.3 Å². The summed E-state index contributed by atoms with van der Waals surface area (Å²) in [5.74, 6) is -2.18. The van der Waals surface area contributed by atoms with E-state index >= 15 is 0 Å². The summed E-state index contributed by atoms with van der Waals surface area (Å²) in [5.41, 5.74) is 13.1. The van der Waals surface area contributed by atoms with E-state index in [1.165, 1.54) is 16.7 Å². The van der Waals surface area contributed by atoms with Crippen LogP contribution >= 0.6 is 23.3 Å². The predicted molar refractivity (Wildman–Crippen MR) is 150 cm³/mol. The average molecular weight is 602 g/mol. The first-order valence-corrected chi connectivity index (χ1v) is 14.7. The number of hydrogen-bond donors (Lipinski definition) is 4. The van der Waals surface area contributed by atoms with E-state index in [-0.39, 0.29) is 35.5 Å². The lowest BCUT2D eigenvalue weighted by Crippen LogP contribution is -2.71. The lowest BCUT2D eigenvalue weighted by atomic mass is 10.0. The van der Waals surface area contributed by atoms with Crippen LogP contribution in [-0.2, 0) is 32.3 Å². The van der Waals surface area contributed by atoms with Gasteiger partial charge in [0.1, 0.15) is 35.8 Å². The number of carbonyl (C=O) groups excluding carboxylic acids is 2. The Hall–Kier alpha value is -4.09. The number of nitrogen functional groups attached to an aromatic ring is 1. The van der Waals surface area contributed by atoms with Crippen LogP contribution < -0.4 is 21.4 Å². The molecule has 0 bridgehead atoms. The first-order chi connectivity index (χ1) is 19.8. The number of unbranched alkanes of at least 4 members (excludes halogenated alkanes) is 1. The summed E-state index contributed by atoms with van der Waals surface area (Å²) in [7, 11) is 0. The largest absolute Gasteiger partial charge is 0.477 e. The number of fused-ring (bicyclic) bond motifs is 2. The van der Waals surface area contributed by atoms with E-state index in [0.717, 1.165) is 36.4 Å². The number of nitrogens with two attached hydrogens (primary N) is 2. The Labute approximate surface area is 242 Å². The number of carboxylic acids is 1. The molecule has 6 N–H and O–H groups in total. The monoisotopic (exact) mass is 601 g/mol. The fourth-order valence-corrected chi connectivity index (χ4v) is 6.45. The summed E-state index contributed by atoms with van der Waals surface area (Å²) in [6.07, 6.45) is 5.43. The van der Waals surface area contributed by atoms with Crippen LogP contribution in [0.2, 0.25) is 0 Å². The molecule has 2 amide bonds. The highest BCUT2D eigenvalue weighted by Gasteiger charge is 2.54. The minimum Gasteiger partial charge on any atom is -0.477 e. The molecule has 17 heteroatoms. The summed E-state index contributed by atoms with van der Waals surface area (Å²) in [6, 6.07) is 2.88. The van der Waals surface area contributed by atoms with E-state index in [1.54, 1.807) is 13.3 Å². The second-order valence-electron chi connectivity index (χ2n) is 9.21. The van der Waals surface area contributed by atoms with Crippen LogP contribution in [-0.4, -0.2) is 82.7 Å². The van der Waals surface area contributed by atoms with Crippen LogP contribution in [0.4, 0.5) is 5.13 Å². The maximum atomic E-state index is 13.2. The molecular weight excluding hydrogens is 572 g/mol. The van der Waals surface area contributed by atoms with Crippen molar-refractivity contribution in [2.75, 3.05) is 24.6 Å². The van der Waals surface area contributed by atoms with Crippen molar-refractivity contribution < 1.29 is 28.9 Å². The standard InChI is InChI=1S/C24H28N10O5S2/c1-2-39-30-15(18-29-24(26)41-31-18)20(35)28-16-21(36)34-17(23(37)38)13(11-40-22(16)34)10-32-9-5-6-14-19(32)27-12-33(14)8-4-3-7-25/h5-6,9,12,16,22H,2-4,7-8,10-11,25H2,1H3,(H3-,26,28,29,31,35,37,38)/p+1. The Morgan fingerprint density at radius 1 is 1.37 bits per heavy atom. The van der Waals surface area contributed by atoms with Crippen LogP contribution in [0.5, 0.6) is 0 Å². The second-order valence-corrected chi connectivity index (χ2v) is 11.1. The molecule has 2 atom stereocenters. The fraction of sp³-hybridized carbons (Fsp3) is 0.417. The lowest BCUT2D eigenvalue weighted by molar-refractivity contribution is -0.664. The molecule has 0 saturated carbocycles. The van der Waals surface area contributed by atoms with Crippen LogP contribution in [0.3, 0.4) is 0 Å². The number of rotatable bonds is 12. The Bertz CT molecular complexity index is 1550. The summed E-state index contributed by atoms with van der Waals surface area (Å²) < 4.78 is 7.92. The molecule has 0 radical (unpaired) electrons. The fourth-order valence-electron chi connectivity index (χ4n) is 4.68. The van der Waals surface area contributed by atoms with Gasteiger partial charge in [-0.05, 0) is 43.4 Å². The summed E-state index contributed by atoms with van der Waals surface area (Å²) in [5, 5.41) is 16.1. The van der Waals surface area contributed by atoms with Crippen molar-refractivity contribution in [2.45, 2.75) is 44.3 Å². The van der Waals surface area contributed by atoms with Gasteiger partial charge in [0.15, 0.2) is 5.13 Å². The Balaban J connectivity index is 1.35. The minimum atomic E-state index is -1.22. The first kappa shape index (κ1) is 28.4. The molecule has 2 aliphatic heterocycles. The van der Waals surface area contributed by atoms with Gasteiger partial charge in [0, 0.05) is 29.4 Å². The van der Waals surface area contributed by atoms with Gasteiger partial charge in [-0.2, -0.15) is 9.36 Å². The lowest BCUT2D eigenvalue weighted by Gasteiger charge is -2.49. The molecule has 5 rings (SSSR count). The molecule has 0 spiro atoms. The van der Waals surface area contributed by atoms with Gasteiger partial charge in [-0.15, -0.1) is 11.8 Å². The number of nitrogens with one attached hydrogen (secondary N) is 1. The molecule has 0 aliphatic carbocycles. The number of β-lactam (4-membered cyclic amide) rings is 1. The third-order valence-electron chi connectivity index (χ3n) is 6.55. The van der Waals surface area contributed by atoms with E-state index in [0.29, 0.717) is 23.5 Å². The summed E-state index contributed by atoms with van der Waals surface area (Å²) >= 11 is 2.26. The van der Waals surface area contributed by atoms with E-state index in [9.17, 15) is 19.5 Å². The molecule has 41 heavy (non-hydrogen) atoms. The van der Waals surface area contributed by atoms with E-state index in [1.807, 2.05) is 27.5 Å². The summed E-state index contributed by atoms with van der Waals surface area (Å²) in [4.78, 5) is 53.4. The molecule has 216 valence electrons. The predicted octanol–water partition coefficient (Wildman–Crippen LogP) is -0.324. The maximum Gasteiger partial charge on any atom is 0.352 e. The van der Waals surface area contributed by atoms with Crippen molar-refractivity contribution in [1.29, 1.82) is 0 Å². The summed E-state index contributed by atoms with van der Waals surface area (Å²) in [6.45, 7) is 3.52. The first-order valence-electron chi connectivity index (χ1n) is 12.9. The quantitative estimate of drug-likeness (QED) is 0.0695. The van der Waals surface area contributed by atoms with E-state index < -0.39 is 29.2 Å². The van der Waals surface area contributed by atoms with Crippen LogP contribution in [0.15, 0.2) is 41.1 Å². The van der Waals surface area contributed by atoms with E-state index in [2.05, 4.69) is 24.8 Å². The molecule has 5 heterocycles. The number of oxime groups is 1. The molecule has 3 aromatic heterocycles. The van der Waals surface area contributed by atoms with Crippen molar-refractivity contribution in [3.8, 4) is 0 Å². The molecule has 1 fully saturated rings. The highest BCUT2D eigenvalue weighted by atomic mass is 32.2. The molecule has 15 nitrogen and oxygen atoms in total.